The largest absolute Gasteiger partial charge is 0.354 e. The van der Waals surface area contributed by atoms with Gasteiger partial charge in [0, 0.05) is 25.1 Å². The Labute approximate surface area is 160 Å². The SMILES string of the molecule is Cc1cccc(-n2c(=O)[nH]c3nc(NCCc4ccncc4)ncc3c2=O)c1. The predicted molar refractivity (Wildman–Crippen MR) is 107 cm³/mol. The maximum absolute atomic E-state index is 12.8. The first-order valence-corrected chi connectivity index (χ1v) is 8.84. The molecule has 0 radical (unpaired) electrons. The minimum Gasteiger partial charge on any atom is -0.354 e. The summed E-state index contributed by atoms with van der Waals surface area (Å²) in [4.78, 5) is 40.5. The van der Waals surface area contributed by atoms with Crippen LogP contribution in [0.25, 0.3) is 16.7 Å². The van der Waals surface area contributed by atoms with Crippen molar-refractivity contribution in [1.29, 1.82) is 0 Å². The number of hydrogen-bond donors (Lipinski definition) is 2. The number of fused-ring (bicyclic) bond motifs is 1. The highest BCUT2D eigenvalue weighted by atomic mass is 16.2. The number of rotatable bonds is 5. The first-order chi connectivity index (χ1) is 13.6. The highest BCUT2D eigenvalue weighted by molar-refractivity contribution is 5.73. The summed E-state index contributed by atoms with van der Waals surface area (Å²) in [7, 11) is 0. The highest BCUT2D eigenvalue weighted by Crippen LogP contribution is 2.09. The topological polar surface area (TPSA) is 106 Å². The van der Waals surface area contributed by atoms with Crippen molar-refractivity contribution < 1.29 is 0 Å². The molecule has 28 heavy (non-hydrogen) atoms. The van der Waals surface area contributed by atoms with Gasteiger partial charge in [0.05, 0.1) is 5.69 Å². The molecule has 0 saturated heterocycles. The number of nitrogens with one attached hydrogen (secondary N) is 2. The Morgan fingerprint density at radius 2 is 1.96 bits per heavy atom. The van der Waals surface area contributed by atoms with Crippen LogP contribution in [0.2, 0.25) is 0 Å². The third-order valence-electron chi connectivity index (χ3n) is 4.36. The molecule has 8 nitrogen and oxygen atoms in total. The Bertz CT molecular complexity index is 1250. The molecule has 140 valence electrons. The third-order valence-corrected chi connectivity index (χ3v) is 4.36. The standard InChI is InChI=1S/C20H18N6O2/c1-13-3-2-4-15(11-13)26-18(27)16-12-23-19(24-17(16)25-20(26)28)22-10-7-14-5-8-21-9-6-14/h2-6,8-9,11-12H,7,10H2,1H3,(H2,22,23,24,25,28). The van der Waals surface area contributed by atoms with Gasteiger partial charge in [-0.3, -0.25) is 14.8 Å². The average Bonchev–Trinajstić information content (AvgIpc) is 2.69. The van der Waals surface area contributed by atoms with Gasteiger partial charge in [-0.2, -0.15) is 4.98 Å². The molecule has 0 atom stereocenters. The molecular formula is C20H18N6O2. The van der Waals surface area contributed by atoms with Crippen LogP contribution in [0.15, 0.2) is 64.6 Å². The zero-order valence-electron chi connectivity index (χ0n) is 15.2. The van der Waals surface area contributed by atoms with Gasteiger partial charge in [-0.05, 0) is 48.7 Å². The van der Waals surface area contributed by atoms with Gasteiger partial charge in [0.15, 0.2) is 5.65 Å². The summed E-state index contributed by atoms with van der Waals surface area (Å²) < 4.78 is 1.09. The van der Waals surface area contributed by atoms with Gasteiger partial charge < -0.3 is 5.32 Å². The fourth-order valence-corrected chi connectivity index (χ4v) is 2.96. The van der Waals surface area contributed by atoms with E-state index in [0.29, 0.717) is 18.2 Å². The monoisotopic (exact) mass is 374 g/mol. The lowest BCUT2D eigenvalue weighted by molar-refractivity contribution is 0.889. The number of aryl methyl sites for hydroxylation is 1. The van der Waals surface area contributed by atoms with E-state index in [-0.39, 0.29) is 11.0 Å². The quantitative estimate of drug-likeness (QED) is 0.552. The molecule has 0 fully saturated rings. The Morgan fingerprint density at radius 3 is 2.75 bits per heavy atom. The van der Waals surface area contributed by atoms with E-state index in [1.807, 2.05) is 25.1 Å². The van der Waals surface area contributed by atoms with E-state index in [1.165, 1.54) is 6.20 Å². The molecule has 4 rings (SSSR count). The second kappa shape index (κ2) is 7.43. The third kappa shape index (κ3) is 3.52. The van der Waals surface area contributed by atoms with Crippen LogP contribution in [0, 0.1) is 6.92 Å². The van der Waals surface area contributed by atoms with Gasteiger partial charge in [-0.15, -0.1) is 0 Å². The van der Waals surface area contributed by atoms with Crippen molar-refractivity contribution in [3.05, 3.63) is 87.0 Å². The van der Waals surface area contributed by atoms with Crippen molar-refractivity contribution in [3.8, 4) is 5.69 Å². The maximum atomic E-state index is 12.8. The molecule has 0 amide bonds. The Morgan fingerprint density at radius 1 is 1.14 bits per heavy atom. The summed E-state index contributed by atoms with van der Waals surface area (Å²) in [5.74, 6) is 0.352. The van der Waals surface area contributed by atoms with Crippen molar-refractivity contribution in [2.24, 2.45) is 0 Å². The van der Waals surface area contributed by atoms with Crippen LogP contribution < -0.4 is 16.6 Å². The van der Waals surface area contributed by atoms with Crippen LogP contribution in [0.4, 0.5) is 5.95 Å². The molecule has 3 aromatic heterocycles. The molecule has 3 heterocycles. The van der Waals surface area contributed by atoms with Crippen molar-refractivity contribution in [2.45, 2.75) is 13.3 Å². The molecule has 0 bridgehead atoms. The number of nitrogens with zero attached hydrogens (tertiary/aromatic N) is 4. The average molecular weight is 374 g/mol. The lowest BCUT2D eigenvalue weighted by Crippen LogP contribution is -2.34. The Kier molecular flexibility index (Phi) is 4.67. The molecule has 0 aliphatic carbocycles. The predicted octanol–water partition coefficient (Wildman–Crippen LogP) is 1.83. The summed E-state index contributed by atoms with van der Waals surface area (Å²) in [6.45, 7) is 2.51. The Hall–Kier alpha value is -3.81. The fourth-order valence-electron chi connectivity index (χ4n) is 2.96. The normalized spacial score (nSPS) is 10.9. The zero-order chi connectivity index (χ0) is 19.5. The second-order valence-electron chi connectivity index (χ2n) is 6.40. The minimum absolute atomic E-state index is 0.209. The smallest absolute Gasteiger partial charge is 0.334 e. The minimum atomic E-state index is -0.537. The lowest BCUT2D eigenvalue weighted by Gasteiger charge is -2.08. The number of anilines is 1. The van der Waals surface area contributed by atoms with Crippen molar-refractivity contribution >= 4 is 17.0 Å². The van der Waals surface area contributed by atoms with Crippen LogP contribution in [0.5, 0.6) is 0 Å². The molecule has 8 heteroatoms. The van der Waals surface area contributed by atoms with E-state index in [4.69, 9.17) is 0 Å². The van der Waals surface area contributed by atoms with Crippen LogP contribution in [0.3, 0.4) is 0 Å². The van der Waals surface area contributed by atoms with E-state index >= 15 is 0 Å². The van der Waals surface area contributed by atoms with Crippen LogP contribution >= 0.6 is 0 Å². The van der Waals surface area contributed by atoms with Crippen LogP contribution in [-0.2, 0) is 6.42 Å². The van der Waals surface area contributed by atoms with E-state index in [2.05, 4.69) is 25.3 Å². The first kappa shape index (κ1) is 17.6. The van der Waals surface area contributed by atoms with E-state index in [1.54, 1.807) is 30.6 Å². The van der Waals surface area contributed by atoms with E-state index < -0.39 is 11.2 Å². The van der Waals surface area contributed by atoms with Gasteiger partial charge in [0.25, 0.3) is 5.56 Å². The molecule has 1 aromatic carbocycles. The number of aromatic amines is 1. The molecule has 4 aromatic rings. The molecule has 2 N–H and O–H groups in total. The molecule has 0 aliphatic rings. The molecule has 0 aliphatic heterocycles. The summed E-state index contributed by atoms with van der Waals surface area (Å²) in [5, 5.41) is 3.36. The summed E-state index contributed by atoms with van der Waals surface area (Å²) in [6, 6.07) is 11.1. The van der Waals surface area contributed by atoms with Crippen LogP contribution in [0.1, 0.15) is 11.1 Å². The van der Waals surface area contributed by atoms with Crippen molar-refractivity contribution in [2.75, 3.05) is 11.9 Å². The van der Waals surface area contributed by atoms with Crippen molar-refractivity contribution in [1.82, 2.24) is 24.5 Å². The van der Waals surface area contributed by atoms with Gasteiger partial charge in [-0.25, -0.2) is 14.3 Å². The number of pyridine rings is 1. The van der Waals surface area contributed by atoms with E-state index in [0.717, 1.165) is 22.1 Å². The number of benzene rings is 1. The van der Waals surface area contributed by atoms with Crippen molar-refractivity contribution in [3.63, 3.8) is 0 Å². The summed E-state index contributed by atoms with van der Waals surface area (Å²) in [5.41, 5.74) is 1.82. The fraction of sp³-hybridized carbons (Fsp3) is 0.150. The lowest BCUT2D eigenvalue weighted by atomic mass is 10.2. The van der Waals surface area contributed by atoms with Gasteiger partial charge in [-0.1, -0.05) is 12.1 Å². The Balaban J connectivity index is 1.63. The molecular weight excluding hydrogens is 356 g/mol. The number of aromatic nitrogens is 5. The second-order valence-corrected chi connectivity index (χ2v) is 6.40. The summed E-state index contributed by atoms with van der Waals surface area (Å²) >= 11 is 0. The number of hydrogen-bond acceptors (Lipinski definition) is 6. The maximum Gasteiger partial charge on any atom is 0.334 e. The van der Waals surface area contributed by atoms with Crippen LogP contribution in [-0.4, -0.2) is 31.0 Å². The van der Waals surface area contributed by atoms with Gasteiger partial charge >= 0.3 is 5.69 Å². The number of H-pyrrole nitrogens is 1. The molecule has 0 spiro atoms. The van der Waals surface area contributed by atoms with Gasteiger partial charge in [0.2, 0.25) is 5.95 Å². The van der Waals surface area contributed by atoms with E-state index in [9.17, 15) is 9.59 Å². The zero-order valence-corrected chi connectivity index (χ0v) is 15.2. The first-order valence-electron chi connectivity index (χ1n) is 8.84. The molecule has 0 saturated carbocycles. The highest BCUT2D eigenvalue weighted by Gasteiger charge is 2.12. The van der Waals surface area contributed by atoms with Gasteiger partial charge in [0.1, 0.15) is 5.39 Å². The summed E-state index contributed by atoms with van der Waals surface area (Å²) in [6.07, 6.45) is 5.69. The molecule has 0 unspecified atom stereocenters.